The molecule has 4 heteroatoms. The molecule has 0 saturated carbocycles. The molecule has 0 radical (unpaired) electrons. The highest BCUT2D eigenvalue weighted by atomic mass is 32.2. The second kappa shape index (κ2) is 4.99. The summed E-state index contributed by atoms with van der Waals surface area (Å²) in [5.41, 5.74) is 0.577. The predicted octanol–water partition coefficient (Wildman–Crippen LogP) is 1.37. The van der Waals surface area contributed by atoms with Gasteiger partial charge in [-0.05, 0) is 12.1 Å². The molecule has 0 saturated heterocycles. The Morgan fingerprint density at radius 2 is 2.54 bits per heavy atom. The summed E-state index contributed by atoms with van der Waals surface area (Å²) in [6.45, 7) is 1.97. The van der Waals surface area contributed by atoms with Crippen LogP contribution in [0, 0.1) is 0 Å². The molecule has 1 aromatic rings. The van der Waals surface area contributed by atoms with Crippen molar-refractivity contribution < 1.29 is 9.90 Å². The van der Waals surface area contributed by atoms with Gasteiger partial charge in [-0.25, -0.2) is 4.98 Å². The van der Waals surface area contributed by atoms with Gasteiger partial charge in [0.1, 0.15) is 5.03 Å². The van der Waals surface area contributed by atoms with Crippen LogP contribution >= 0.6 is 11.8 Å². The van der Waals surface area contributed by atoms with Crippen LogP contribution in [0.3, 0.4) is 0 Å². The summed E-state index contributed by atoms with van der Waals surface area (Å²) >= 11 is 1.40. The van der Waals surface area contributed by atoms with Crippen molar-refractivity contribution in [2.45, 2.75) is 17.2 Å². The van der Waals surface area contributed by atoms with Crippen LogP contribution in [0.4, 0.5) is 0 Å². The molecule has 1 rings (SSSR count). The number of rotatable bonds is 4. The Balaban J connectivity index is 2.80. The first kappa shape index (κ1) is 10.2. The van der Waals surface area contributed by atoms with Crippen molar-refractivity contribution in [1.82, 2.24) is 4.98 Å². The largest absolute Gasteiger partial charge is 0.395 e. The molecule has 0 spiro atoms. The van der Waals surface area contributed by atoms with E-state index in [1.165, 1.54) is 11.8 Å². The summed E-state index contributed by atoms with van der Waals surface area (Å²) in [5.74, 6) is 0. The van der Waals surface area contributed by atoms with Crippen molar-refractivity contribution in [2.75, 3.05) is 6.61 Å². The number of hydrogen-bond acceptors (Lipinski definition) is 4. The highest BCUT2D eigenvalue weighted by Gasteiger charge is 2.07. The van der Waals surface area contributed by atoms with Crippen molar-refractivity contribution in [2.24, 2.45) is 0 Å². The molecular formula is C9H11NO2S. The molecule has 1 aromatic heterocycles. The Labute approximate surface area is 81.2 Å². The fourth-order valence-electron chi connectivity index (χ4n) is 0.819. The van der Waals surface area contributed by atoms with Gasteiger partial charge in [0.25, 0.3) is 0 Å². The van der Waals surface area contributed by atoms with Gasteiger partial charge in [-0.2, -0.15) is 0 Å². The molecule has 70 valence electrons. The quantitative estimate of drug-likeness (QED) is 0.585. The number of pyridine rings is 1. The van der Waals surface area contributed by atoms with Crippen LogP contribution in [0.1, 0.15) is 17.3 Å². The van der Waals surface area contributed by atoms with Gasteiger partial charge in [-0.3, -0.25) is 4.79 Å². The van der Waals surface area contributed by atoms with Crippen molar-refractivity contribution in [3.63, 3.8) is 0 Å². The normalized spacial score (nSPS) is 12.5. The van der Waals surface area contributed by atoms with Gasteiger partial charge >= 0.3 is 0 Å². The number of thioether (sulfide) groups is 1. The van der Waals surface area contributed by atoms with Crippen LogP contribution in [-0.4, -0.2) is 28.2 Å². The summed E-state index contributed by atoms with van der Waals surface area (Å²) < 4.78 is 0. The lowest BCUT2D eigenvalue weighted by Crippen LogP contribution is -2.03. The van der Waals surface area contributed by atoms with Gasteiger partial charge in [0.15, 0.2) is 6.29 Å². The third-order valence-electron chi connectivity index (χ3n) is 1.50. The van der Waals surface area contributed by atoms with Gasteiger partial charge < -0.3 is 5.11 Å². The Kier molecular flexibility index (Phi) is 3.92. The molecule has 0 aliphatic carbocycles. The van der Waals surface area contributed by atoms with E-state index < -0.39 is 0 Å². The monoisotopic (exact) mass is 197 g/mol. The van der Waals surface area contributed by atoms with Gasteiger partial charge in [0.2, 0.25) is 0 Å². The molecule has 13 heavy (non-hydrogen) atoms. The zero-order chi connectivity index (χ0) is 9.68. The molecule has 0 bridgehead atoms. The van der Waals surface area contributed by atoms with Crippen molar-refractivity contribution in [3.8, 4) is 0 Å². The molecule has 0 aliphatic rings. The average Bonchev–Trinajstić information content (AvgIpc) is 2.18. The molecular weight excluding hydrogens is 186 g/mol. The van der Waals surface area contributed by atoms with Crippen LogP contribution in [0.5, 0.6) is 0 Å². The molecule has 0 aliphatic heterocycles. The Morgan fingerprint density at radius 1 is 1.77 bits per heavy atom. The van der Waals surface area contributed by atoms with E-state index in [-0.39, 0.29) is 11.9 Å². The first-order chi connectivity index (χ1) is 6.27. The smallest absolute Gasteiger partial charge is 0.152 e. The number of aliphatic hydroxyl groups is 1. The van der Waals surface area contributed by atoms with Gasteiger partial charge in [-0.1, -0.05) is 6.92 Å². The SMILES string of the molecule is CC(CO)Sc1ncccc1C=O. The third kappa shape index (κ3) is 2.82. The van der Waals surface area contributed by atoms with E-state index >= 15 is 0 Å². The molecule has 0 aromatic carbocycles. The molecule has 1 unspecified atom stereocenters. The predicted molar refractivity (Wildman–Crippen MR) is 52.0 cm³/mol. The number of aromatic nitrogens is 1. The lowest BCUT2D eigenvalue weighted by atomic mass is 10.3. The maximum Gasteiger partial charge on any atom is 0.152 e. The summed E-state index contributed by atoms with van der Waals surface area (Å²) in [5, 5.41) is 9.57. The number of hydrogen-bond donors (Lipinski definition) is 1. The summed E-state index contributed by atoms with van der Waals surface area (Å²) in [6, 6.07) is 3.43. The summed E-state index contributed by atoms with van der Waals surface area (Å²) in [6.07, 6.45) is 2.42. The standard InChI is InChI=1S/C9H11NO2S/c1-7(5-11)13-9-8(6-12)3-2-4-10-9/h2-4,6-7,11H,5H2,1H3. The number of carbonyl (C=O) groups excluding carboxylic acids is 1. The van der Waals surface area contributed by atoms with Crippen molar-refractivity contribution in [3.05, 3.63) is 23.9 Å². The van der Waals surface area contributed by atoms with Crippen LogP contribution in [0.15, 0.2) is 23.4 Å². The molecule has 1 heterocycles. The van der Waals surface area contributed by atoms with Gasteiger partial charge in [-0.15, -0.1) is 11.8 Å². The number of aliphatic hydroxyl groups excluding tert-OH is 1. The molecule has 3 nitrogen and oxygen atoms in total. The molecule has 1 atom stereocenters. The van der Waals surface area contributed by atoms with Crippen LogP contribution in [0.25, 0.3) is 0 Å². The Hall–Kier alpha value is -0.870. The van der Waals surface area contributed by atoms with E-state index in [2.05, 4.69) is 4.98 Å². The molecule has 0 fully saturated rings. The number of aldehydes is 1. The van der Waals surface area contributed by atoms with E-state index in [9.17, 15) is 4.79 Å². The highest BCUT2D eigenvalue weighted by Crippen LogP contribution is 2.22. The van der Waals surface area contributed by atoms with Crippen molar-refractivity contribution >= 4 is 18.0 Å². The highest BCUT2D eigenvalue weighted by molar-refractivity contribution is 7.99. The van der Waals surface area contributed by atoms with Crippen LogP contribution in [-0.2, 0) is 0 Å². The Morgan fingerprint density at radius 3 is 3.15 bits per heavy atom. The zero-order valence-electron chi connectivity index (χ0n) is 7.30. The van der Waals surface area contributed by atoms with Crippen molar-refractivity contribution in [1.29, 1.82) is 0 Å². The minimum Gasteiger partial charge on any atom is -0.395 e. The van der Waals surface area contributed by atoms with Gasteiger partial charge in [0, 0.05) is 17.0 Å². The first-order valence-electron chi connectivity index (χ1n) is 3.95. The van der Waals surface area contributed by atoms with Crippen LogP contribution < -0.4 is 0 Å². The summed E-state index contributed by atoms with van der Waals surface area (Å²) in [7, 11) is 0. The second-order valence-corrected chi connectivity index (χ2v) is 4.05. The third-order valence-corrected chi connectivity index (χ3v) is 2.61. The summed E-state index contributed by atoms with van der Waals surface area (Å²) in [4.78, 5) is 14.6. The van der Waals surface area contributed by atoms with E-state index in [4.69, 9.17) is 5.11 Å². The molecule has 0 amide bonds. The van der Waals surface area contributed by atoms with Crippen LogP contribution in [0.2, 0.25) is 0 Å². The van der Waals surface area contributed by atoms with E-state index in [0.717, 1.165) is 6.29 Å². The van der Waals surface area contributed by atoms with Gasteiger partial charge in [0.05, 0.1) is 6.61 Å². The zero-order valence-corrected chi connectivity index (χ0v) is 8.12. The average molecular weight is 197 g/mol. The lowest BCUT2D eigenvalue weighted by Gasteiger charge is -2.07. The van der Waals surface area contributed by atoms with E-state index in [0.29, 0.717) is 10.6 Å². The number of carbonyl (C=O) groups is 1. The minimum atomic E-state index is 0.0635. The number of nitrogens with zero attached hydrogens (tertiary/aromatic N) is 1. The maximum absolute atomic E-state index is 10.6. The van der Waals surface area contributed by atoms with E-state index in [1.807, 2.05) is 6.92 Å². The fraction of sp³-hybridized carbons (Fsp3) is 0.333. The lowest BCUT2D eigenvalue weighted by molar-refractivity contribution is 0.112. The topological polar surface area (TPSA) is 50.2 Å². The molecule has 1 N–H and O–H groups in total. The van der Waals surface area contributed by atoms with E-state index in [1.54, 1.807) is 18.3 Å². The maximum atomic E-state index is 10.6. The fourth-order valence-corrected chi connectivity index (χ4v) is 1.65. The second-order valence-electron chi connectivity index (χ2n) is 2.63. The first-order valence-corrected chi connectivity index (χ1v) is 4.83. The minimum absolute atomic E-state index is 0.0635. The Bertz CT molecular complexity index is 291.